The molecule has 1 aromatic heterocycles. The fourth-order valence-electron chi connectivity index (χ4n) is 2.29. The Kier molecular flexibility index (Phi) is 6.49. The molecule has 1 aromatic carbocycles. The number of hydrogen-bond acceptors (Lipinski definition) is 0. The molecule has 0 bridgehead atoms. The van der Waals surface area contributed by atoms with Crippen LogP contribution in [0.3, 0.4) is 0 Å². The van der Waals surface area contributed by atoms with Crippen LogP contribution >= 0.6 is 0 Å². The Bertz CT molecular complexity index is 690. The summed E-state index contributed by atoms with van der Waals surface area (Å²) in [6, 6.07) is 8.16. The normalized spacial score (nSPS) is 12.3. The number of nitrogens with zero attached hydrogens (tertiary/aromatic N) is 1. The van der Waals surface area contributed by atoms with Gasteiger partial charge in [-0.15, -0.1) is 5.70 Å². The van der Waals surface area contributed by atoms with Gasteiger partial charge in [0.1, 0.15) is 0 Å². The van der Waals surface area contributed by atoms with Gasteiger partial charge < -0.3 is 10.3 Å². The first-order chi connectivity index (χ1) is 9.06. The van der Waals surface area contributed by atoms with E-state index in [4.69, 9.17) is 5.73 Å². The molecule has 0 spiro atoms. The molecule has 2 nitrogen and oxygen atoms in total. The van der Waals surface area contributed by atoms with Gasteiger partial charge >= 0.3 is 51.4 Å². The number of rotatable bonds is 3. The molecule has 0 aliphatic heterocycles. The Balaban J connectivity index is 0.00000200. The summed E-state index contributed by atoms with van der Waals surface area (Å²) in [7, 11) is 2.01. The Morgan fingerprint density at radius 1 is 1.30 bits per heavy atom. The van der Waals surface area contributed by atoms with E-state index in [9.17, 15) is 0 Å². The third-order valence-corrected chi connectivity index (χ3v) is 3.23. The number of para-hydroxylation sites is 1. The van der Waals surface area contributed by atoms with Crippen molar-refractivity contribution in [1.82, 2.24) is 4.57 Å². The van der Waals surface area contributed by atoms with Gasteiger partial charge in [0.15, 0.2) is 0 Å². The zero-order valence-corrected chi connectivity index (χ0v) is 15.8. The van der Waals surface area contributed by atoms with Crippen molar-refractivity contribution in [2.75, 3.05) is 0 Å². The van der Waals surface area contributed by atoms with Crippen LogP contribution in [-0.4, -0.2) is 4.57 Å². The summed E-state index contributed by atoms with van der Waals surface area (Å²) in [5.74, 6) is 0. The molecule has 1 N–H and O–H groups in total. The van der Waals surface area contributed by atoms with Crippen LogP contribution in [-0.2, 0) is 7.05 Å². The minimum absolute atomic E-state index is 0. The third kappa shape index (κ3) is 3.35. The van der Waals surface area contributed by atoms with Gasteiger partial charge in [-0.25, -0.2) is 0 Å². The minimum atomic E-state index is 0. The number of allylic oxidation sites excluding steroid dienone is 4. The van der Waals surface area contributed by atoms with Crippen LogP contribution in [0.25, 0.3) is 22.3 Å². The van der Waals surface area contributed by atoms with Crippen molar-refractivity contribution in [3.05, 3.63) is 71.6 Å². The Hall–Kier alpha value is -0.584. The van der Waals surface area contributed by atoms with E-state index in [1.165, 1.54) is 0 Å². The van der Waals surface area contributed by atoms with Gasteiger partial charge in [-0.2, -0.15) is 0 Å². The quantitative estimate of drug-likeness (QED) is 0.612. The summed E-state index contributed by atoms with van der Waals surface area (Å²) in [5.41, 5.74) is 12.9. The van der Waals surface area contributed by atoms with Gasteiger partial charge in [0, 0.05) is 24.1 Å². The molecule has 0 saturated carbocycles. The van der Waals surface area contributed by atoms with Crippen molar-refractivity contribution in [3.8, 4) is 0 Å². The molecule has 2 rings (SSSR count). The largest absolute Gasteiger partial charge is 1.00 e. The van der Waals surface area contributed by atoms with Crippen molar-refractivity contribution in [2.45, 2.75) is 13.8 Å². The summed E-state index contributed by atoms with van der Waals surface area (Å²) < 4.78 is 2.06. The van der Waals surface area contributed by atoms with Crippen molar-refractivity contribution in [2.24, 2.45) is 7.05 Å². The molecule has 0 amide bonds. The fraction of sp³-hybridized carbons (Fsp3) is 0.176. The van der Waals surface area contributed by atoms with Crippen LogP contribution in [0.15, 0.2) is 60.3 Å². The molecular formula is C17H19KN2. The zero-order valence-electron chi connectivity index (χ0n) is 12.7. The molecule has 0 unspecified atom stereocenters. The number of fused-ring (bicyclic) bond motifs is 1. The van der Waals surface area contributed by atoms with E-state index in [2.05, 4.69) is 23.3 Å². The van der Waals surface area contributed by atoms with Gasteiger partial charge in [0.25, 0.3) is 0 Å². The van der Waals surface area contributed by atoms with E-state index in [1.807, 2.05) is 51.4 Å². The molecule has 1 heterocycles. The maximum atomic E-state index is 8.45. The monoisotopic (exact) mass is 290 g/mol. The number of nitrogens with one attached hydrogen (secondary N) is 1. The average molecular weight is 290 g/mol. The van der Waals surface area contributed by atoms with Crippen LogP contribution in [0.2, 0.25) is 0 Å². The third-order valence-electron chi connectivity index (χ3n) is 3.23. The summed E-state index contributed by atoms with van der Waals surface area (Å²) in [5, 5.41) is 1.11. The number of benzene rings is 1. The second-order valence-corrected chi connectivity index (χ2v) is 4.74. The van der Waals surface area contributed by atoms with Crippen molar-refractivity contribution in [3.63, 3.8) is 0 Å². The smallest absolute Gasteiger partial charge is 0.698 e. The van der Waals surface area contributed by atoms with E-state index in [0.717, 1.165) is 27.6 Å². The predicted molar refractivity (Wildman–Crippen MR) is 83.8 cm³/mol. The van der Waals surface area contributed by atoms with Crippen molar-refractivity contribution in [1.29, 1.82) is 0 Å². The summed E-state index contributed by atoms with van der Waals surface area (Å²) >= 11 is 0. The van der Waals surface area contributed by atoms with Crippen LogP contribution in [0.4, 0.5) is 0 Å². The number of aromatic nitrogens is 1. The van der Waals surface area contributed by atoms with E-state index < -0.39 is 0 Å². The molecule has 20 heavy (non-hydrogen) atoms. The molecule has 0 aliphatic rings. The standard InChI is InChI=1S/C17H19N2.K/c1-5-8-13(12(2)3)17(18)15-11-19(4)16-10-7-6-9-14(15)16;/h5-11,18H,2H2,1,3-4H3;/q-1;+1/b8-5-,17-13-;. The molecule has 2 aromatic rings. The Labute approximate surface area is 163 Å². The first-order valence-electron chi connectivity index (χ1n) is 6.35. The first-order valence-corrected chi connectivity index (χ1v) is 6.35. The minimum Gasteiger partial charge on any atom is -0.698 e. The molecule has 0 radical (unpaired) electrons. The molecule has 3 heteroatoms. The molecule has 98 valence electrons. The maximum absolute atomic E-state index is 8.45. The number of hydrogen-bond donors (Lipinski definition) is 0. The second kappa shape index (κ2) is 7.43. The molecule has 0 fully saturated rings. The van der Waals surface area contributed by atoms with E-state index in [-0.39, 0.29) is 51.4 Å². The van der Waals surface area contributed by atoms with E-state index >= 15 is 0 Å². The molecule has 0 aliphatic carbocycles. The van der Waals surface area contributed by atoms with Gasteiger partial charge in [0.05, 0.1) is 0 Å². The van der Waals surface area contributed by atoms with Crippen LogP contribution < -0.4 is 51.4 Å². The van der Waals surface area contributed by atoms with Crippen LogP contribution in [0.5, 0.6) is 0 Å². The van der Waals surface area contributed by atoms with Crippen molar-refractivity contribution >= 4 is 16.6 Å². The number of aryl methyl sites for hydroxylation is 1. The maximum Gasteiger partial charge on any atom is 1.00 e. The van der Waals surface area contributed by atoms with Crippen LogP contribution in [0.1, 0.15) is 19.4 Å². The predicted octanol–water partition coefficient (Wildman–Crippen LogP) is 2.10. The Morgan fingerprint density at radius 3 is 2.55 bits per heavy atom. The SMILES string of the molecule is C=C(C)C(/C=C\C)=C(\[NH-])c1cn(C)c2ccccc12.[K+]. The first kappa shape index (κ1) is 17.5. The van der Waals surface area contributed by atoms with Crippen molar-refractivity contribution < 1.29 is 51.4 Å². The average Bonchev–Trinajstić information content (AvgIpc) is 2.73. The van der Waals surface area contributed by atoms with Gasteiger partial charge in [-0.1, -0.05) is 42.5 Å². The molecule has 0 atom stereocenters. The second-order valence-electron chi connectivity index (χ2n) is 4.74. The fourth-order valence-corrected chi connectivity index (χ4v) is 2.29. The van der Waals surface area contributed by atoms with E-state index in [0.29, 0.717) is 5.70 Å². The topological polar surface area (TPSA) is 28.7 Å². The van der Waals surface area contributed by atoms with Gasteiger partial charge in [0.2, 0.25) is 0 Å². The van der Waals surface area contributed by atoms with Gasteiger partial charge in [-0.05, 0) is 31.1 Å². The molecular weight excluding hydrogens is 271 g/mol. The molecule has 0 saturated heterocycles. The summed E-state index contributed by atoms with van der Waals surface area (Å²) in [4.78, 5) is 0. The van der Waals surface area contributed by atoms with Gasteiger partial charge in [-0.3, -0.25) is 0 Å². The summed E-state index contributed by atoms with van der Waals surface area (Å²) in [6.45, 7) is 7.87. The van der Waals surface area contributed by atoms with E-state index in [1.54, 1.807) is 0 Å². The summed E-state index contributed by atoms with van der Waals surface area (Å²) in [6.07, 6.45) is 5.91. The van der Waals surface area contributed by atoms with Crippen LogP contribution in [0, 0.1) is 0 Å². The zero-order chi connectivity index (χ0) is 14.0. The Morgan fingerprint density at radius 2 is 1.95 bits per heavy atom.